The number of amides is 1. The van der Waals surface area contributed by atoms with Crippen LogP contribution in [0.15, 0.2) is 23.7 Å². The van der Waals surface area contributed by atoms with Gasteiger partial charge in [-0.2, -0.15) is 0 Å². The van der Waals surface area contributed by atoms with E-state index in [0.29, 0.717) is 38.3 Å². The second kappa shape index (κ2) is 7.84. The third kappa shape index (κ3) is 4.07. The van der Waals surface area contributed by atoms with Crippen molar-refractivity contribution < 1.29 is 9.53 Å². The summed E-state index contributed by atoms with van der Waals surface area (Å²) in [5.74, 6) is 0.0184. The number of morpholine rings is 1. The quantitative estimate of drug-likeness (QED) is 0.672. The van der Waals surface area contributed by atoms with E-state index in [0.717, 1.165) is 32.0 Å². The Morgan fingerprint density at radius 2 is 2.04 bits per heavy atom. The molecule has 1 aliphatic heterocycles. The third-order valence-electron chi connectivity index (χ3n) is 4.39. The third-order valence-corrected chi connectivity index (χ3v) is 6.33. The van der Waals surface area contributed by atoms with Gasteiger partial charge in [0, 0.05) is 36.8 Å². The van der Waals surface area contributed by atoms with Crippen molar-refractivity contribution in [3.8, 4) is 10.6 Å². The number of pyridine rings is 1. The highest BCUT2D eigenvalue weighted by Crippen LogP contribution is 2.31. The monoisotopic (exact) mass is 400 g/mol. The van der Waals surface area contributed by atoms with Crippen molar-refractivity contribution in [2.24, 2.45) is 0 Å². The molecule has 4 rings (SSSR count). The summed E-state index contributed by atoms with van der Waals surface area (Å²) < 4.78 is 5.30. The zero-order chi connectivity index (χ0) is 18.8. The smallest absolute Gasteiger partial charge is 0.255 e. The SMILES string of the molecule is Cc1nc(C)c(-c2csc(Cc3ccc(C(=O)N4CCOCC4)cn3)n2)s1. The highest BCUT2D eigenvalue weighted by atomic mass is 32.1. The van der Waals surface area contributed by atoms with Gasteiger partial charge in [0.25, 0.3) is 5.91 Å². The van der Waals surface area contributed by atoms with Crippen LogP contribution in [0.1, 0.15) is 31.8 Å². The van der Waals surface area contributed by atoms with E-state index in [9.17, 15) is 4.79 Å². The Labute approximate surface area is 165 Å². The lowest BCUT2D eigenvalue weighted by Crippen LogP contribution is -2.40. The summed E-state index contributed by atoms with van der Waals surface area (Å²) in [6.45, 7) is 6.50. The summed E-state index contributed by atoms with van der Waals surface area (Å²) in [4.78, 5) is 29.1. The van der Waals surface area contributed by atoms with Gasteiger partial charge >= 0.3 is 0 Å². The average molecular weight is 401 g/mol. The fraction of sp³-hybridized carbons (Fsp3) is 0.368. The fourth-order valence-corrected chi connectivity index (χ4v) is 4.78. The van der Waals surface area contributed by atoms with Crippen molar-refractivity contribution in [1.29, 1.82) is 0 Å². The molecule has 27 heavy (non-hydrogen) atoms. The first-order valence-corrected chi connectivity index (χ1v) is 10.5. The molecule has 0 spiro atoms. The van der Waals surface area contributed by atoms with E-state index in [1.54, 1.807) is 28.9 Å². The van der Waals surface area contributed by atoms with E-state index < -0.39 is 0 Å². The molecular formula is C19H20N4O2S2. The molecule has 0 N–H and O–H groups in total. The maximum absolute atomic E-state index is 12.5. The van der Waals surface area contributed by atoms with Gasteiger partial charge in [0.2, 0.25) is 0 Å². The number of carbonyl (C=O) groups is 1. The van der Waals surface area contributed by atoms with Gasteiger partial charge in [0.1, 0.15) is 0 Å². The van der Waals surface area contributed by atoms with E-state index in [-0.39, 0.29) is 5.91 Å². The molecule has 1 fully saturated rings. The number of aromatic nitrogens is 3. The van der Waals surface area contributed by atoms with E-state index in [1.807, 2.05) is 30.9 Å². The van der Waals surface area contributed by atoms with Crippen molar-refractivity contribution in [2.45, 2.75) is 20.3 Å². The molecule has 0 aromatic carbocycles. The van der Waals surface area contributed by atoms with E-state index in [2.05, 4.69) is 15.3 Å². The Kier molecular flexibility index (Phi) is 5.29. The number of nitrogens with zero attached hydrogens (tertiary/aromatic N) is 4. The summed E-state index contributed by atoms with van der Waals surface area (Å²) in [6.07, 6.45) is 2.33. The van der Waals surface area contributed by atoms with Crippen LogP contribution in [0.2, 0.25) is 0 Å². The number of hydrogen-bond donors (Lipinski definition) is 0. The first kappa shape index (κ1) is 18.2. The van der Waals surface area contributed by atoms with Gasteiger partial charge < -0.3 is 9.64 Å². The molecule has 0 aliphatic carbocycles. The van der Waals surface area contributed by atoms with Crippen molar-refractivity contribution in [3.05, 3.63) is 50.7 Å². The molecule has 0 atom stereocenters. The van der Waals surface area contributed by atoms with Crippen LogP contribution in [-0.4, -0.2) is 52.1 Å². The molecule has 0 unspecified atom stereocenters. The summed E-state index contributed by atoms with van der Waals surface area (Å²) in [5.41, 5.74) is 3.54. The normalized spacial score (nSPS) is 14.5. The molecule has 1 aliphatic rings. The van der Waals surface area contributed by atoms with Gasteiger partial charge in [-0.1, -0.05) is 0 Å². The summed E-state index contributed by atoms with van der Waals surface area (Å²) in [6, 6.07) is 3.77. The lowest BCUT2D eigenvalue weighted by Gasteiger charge is -2.26. The Hall–Kier alpha value is -2.16. The maximum Gasteiger partial charge on any atom is 0.255 e. The van der Waals surface area contributed by atoms with Crippen LogP contribution in [-0.2, 0) is 11.2 Å². The van der Waals surface area contributed by atoms with Crippen molar-refractivity contribution >= 4 is 28.6 Å². The number of rotatable bonds is 4. The fourth-order valence-electron chi connectivity index (χ4n) is 3.02. The molecule has 6 nitrogen and oxygen atoms in total. The molecule has 0 bridgehead atoms. The number of ether oxygens (including phenoxy) is 1. The standard InChI is InChI=1S/C19H20N4O2S2/c1-12-18(27-13(2)21-12)16-11-26-17(22-16)9-15-4-3-14(10-20-15)19(24)23-5-7-25-8-6-23/h3-4,10-11H,5-9H2,1-2H3. The van der Waals surface area contributed by atoms with E-state index in [1.165, 1.54) is 0 Å². The van der Waals surface area contributed by atoms with Crippen LogP contribution < -0.4 is 0 Å². The molecular weight excluding hydrogens is 380 g/mol. The maximum atomic E-state index is 12.5. The molecule has 4 heterocycles. The van der Waals surface area contributed by atoms with Crippen LogP contribution in [0, 0.1) is 13.8 Å². The van der Waals surface area contributed by atoms with Crippen LogP contribution in [0.4, 0.5) is 0 Å². The molecule has 0 radical (unpaired) electrons. The Bertz CT molecular complexity index is 943. The van der Waals surface area contributed by atoms with Crippen molar-refractivity contribution in [2.75, 3.05) is 26.3 Å². The second-order valence-corrected chi connectivity index (χ2v) is 8.54. The minimum atomic E-state index is 0.0184. The largest absolute Gasteiger partial charge is 0.378 e. The molecule has 140 valence electrons. The van der Waals surface area contributed by atoms with Gasteiger partial charge in [-0.25, -0.2) is 9.97 Å². The van der Waals surface area contributed by atoms with Crippen LogP contribution in [0.5, 0.6) is 0 Å². The zero-order valence-corrected chi connectivity index (χ0v) is 16.9. The predicted octanol–water partition coefficient (Wildman–Crippen LogP) is 3.34. The lowest BCUT2D eigenvalue weighted by atomic mass is 10.2. The minimum absolute atomic E-state index is 0.0184. The zero-order valence-electron chi connectivity index (χ0n) is 15.3. The Balaban J connectivity index is 1.44. The minimum Gasteiger partial charge on any atom is -0.378 e. The number of hydrogen-bond acceptors (Lipinski definition) is 7. The van der Waals surface area contributed by atoms with Gasteiger partial charge in [-0.05, 0) is 26.0 Å². The Morgan fingerprint density at radius 1 is 1.22 bits per heavy atom. The van der Waals surface area contributed by atoms with Crippen LogP contribution in [0.25, 0.3) is 10.6 Å². The molecule has 1 saturated heterocycles. The van der Waals surface area contributed by atoms with Crippen LogP contribution >= 0.6 is 22.7 Å². The van der Waals surface area contributed by atoms with Gasteiger partial charge in [0.05, 0.1) is 45.1 Å². The molecule has 1 amide bonds. The number of carbonyl (C=O) groups excluding carboxylic acids is 1. The van der Waals surface area contributed by atoms with Crippen molar-refractivity contribution in [1.82, 2.24) is 19.9 Å². The van der Waals surface area contributed by atoms with Crippen molar-refractivity contribution in [3.63, 3.8) is 0 Å². The average Bonchev–Trinajstić information content (AvgIpc) is 3.28. The van der Waals surface area contributed by atoms with Crippen LogP contribution in [0.3, 0.4) is 0 Å². The highest BCUT2D eigenvalue weighted by Gasteiger charge is 2.19. The van der Waals surface area contributed by atoms with E-state index in [4.69, 9.17) is 9.72 Å². The molecule has 0 saturated carbocycles. The van der Waals surface area contributed by atoms with Gasteiger partial charge in [-0.3, -0.25) is 9.78 Å². The summed E-state index contributed by atoms with van der Waals surface area (Å²) in [7, 11) is 0. The summed E-state index contributed by atoms with van der Waals surface area (Å²) in [5, 5.41) is 4.14. The first-order chi connectivity index (χ1) is 13.1. The number of aryl methyl sites for hydroxylation is 2. The Morgan fingerprint density at radius 3 is 2.70 bits per heavy atom. The first-order valence-electron chi connectivity index (χ1n) is 8.81. The van der Waals surface area contributed by atoms with E-state index >= 15 is 0 Å². The predicted molar refractivity (Wildman–Crippen MR) is 106 cm³/mol. The molecule has 8 heteroatoms. The highest BCUT2D eigenvalue weighted by molar-refractivity contribution is 7.15. The second-order valence-electron chi connectivity index (χ2n) is 6.39. The topological polar surface area (TPSA) is 68.2 Å². The lowest BCUT2D eigenvalue weighted by molar-refractivity contribution is 0.0302. The van der Waals surface area contributed by atoms with Gasteiger partial charge in [-0.15, -0.1) is 22.7 Å². The molecule has 3 aromatic heterocycles. The van der Waals surface area contributed by atoms with Gasteiger partial charge in [0.15, 0.2) is 0 Å². The summed E-state index contributed by atoms with van der Waals surface area (Å²) >= 11 is 3.30. The molecule has 3 aromatic rings. The number of thiazole rings is 2.